The molecule has 2 rings (SSSR count). The van der Waals surface area contributed by atoms with Crippen LogP contribution in [-0.4, -0.2) is 26.7 Å². The Bertz CT molecular complexity index is 633. The first-order valence-electron chi connectivity index (χ1n) is 7.39. The third-order valence-electron chi connectivity index (χ3n) is 3.74. The Morgan fingerprint density at radius 3 is 2.23 bits per heavy atom. The van der Waals surface area contributed by atoms with Crippen molar-refractivity contribution in [3.63, 3.8) is 0 Å². The maximum absolute atomic E-state index is 9.60. The first-order chi connectivity index (χ1) is 10.2. The maximum atomic E-state index is 9.60. The average Bonchev–Trinajstić information content (AvgIpc) is 2.47. The first-order valence-corrected chi connectivity index (χ1v) is 7.39. The van der Waals surface area contributed by atoms with Crippen LogP contribution in [0.25, 0.3) is 0 Å². The summed E-state index contributed by atoms with van der Waals surface area (Å²) in [6.45, 7) is 10.7. The van der Waals surface area contributed by atoms with E-state index in [1.54, 1.807) is 0 Å². The summed E-state index contributed by atoms with van der Waals surface area (Å²) in [6, 6.07) is 6.21. The van der Waals surface area contributed by atoms with E-state index in [1.807, 2.05) is 26.0 Å². The number of rotatable bonds is 4. The summed E-state index contributed by atoms with van der Waals surface area (Å²) in [5, 5.41) is 12.9. The van der Waals surface area contributed by atoms with Gasteiger partial charge in [0.15, 0.2) is 0 Å². The predicted octanol–water partition coefficient (Wildman–Crippen LogP) is 3.18. The summed E-state index contributed by atoms with van der Waals surface area (Å²) in [6.07, 6.45) is 2.94. The smallest absolute Gasteiger partial charge is 0.230 e. The molecule has 118 valence electrons. The van der Waals surface area contributed by atoms with Crippen LogP contribution < -0.4 is 5.32 Å². The molecule has 0 bridgehead atoms. The molecule has 0 radical (unpaired) electrons. The monoisotopic (exact) mass is 300 g/mol. The van der Waals surface area contributed by atoms with Gasteiger partial charge in [-0.3, -0.25) is 0 Å². The number of aliphatic hydroxyl groups is 1. The number of nitrogens with zero attached hydrogens (tertiary/aromatic N) is 3. The van der Waals surface area contributed by atoms with Crippen molar-refractivity contribution in [2.24, 2.45) is 0 Å². The van der Waals surface area contributed by atoms with Crippen LogP contribution in [0.5, 0.6) is 0 Å². The van der Waals surface area contributed by atoms with E-state index in [4.69, 9.17) is 0 Å². The molecule has 0 atom stereocenters. The van der Waals surface area contributed by atoms with Crippen LogP contribution in [0.1, 0.15) is 45.7 Å². The van der Waals surface area contributed by atoms with Crippen LogP contribution in [0.3, 0.4) is 0 Å². The Balaban J connectivity index is 2.46. The molecule has 0 saturated carbocycles. The molecule has 1 aromatic carbocycles. The summed E-state index contributed by atoms with van der Waals surface area (Å²) in [5.41, 5.74) is 2.92. The second kappa shape index (κ2) is 6.01. The van der Waals surface area contributed by atoms with E-state index in [-0.39, 0.29) is 17.4 Å². The first kappa shape index (κ1) is 16.4. The lowest BCUT2D eigenvalue weighted by Crippen LogP contribution is -2.24. The van der Waals surface area contributed by atoms with Crippen LogP contribution in [0, 0.1) is 0 Å². The molecule has 5 nitrogen and oxygen atoms in total. The fraction of sp³-hybridized carbons (Fsp3) is 0.471. The third-order valence-corrected chi connectivity index (χ3v) is 3.74. The highest BCUT2D eigenvalue weighted by molar-refractivity contribution is 5.61. The van der Waals surface area contributed by atoms with Gasteiger partial charge < -0.3 is 10.4 Å². The van der Waals surface area contributed by atoms with Gasteiger partial charge in [-0.05, 0) is 22.6 Å². The molecule has 0 aliphatic rings. The van der Waals surface area contributed by atoms with Gasteiger partial charge in [0, 0.05) is 11.1 Å². The SMILES string of the molecule is CC(C)(C)c1cc(C(C)(C)CO)ccc1Nc1ncncn1. The number of nitrogens with one attached hydrogen (secondary N) is 1. The van der Waals surface area contributed by atoms with Crippen molar-refractivity contribution in [2.45, 2.75) is 45.4 Å². The third kappa shape index (κ3) is 3.60. The van der Waals surface area contributed by atoms with Crippen molar-refractivity contribution in [2.75, 3.05) is 11.9 Å². The Morgan fingerprint density at radius 1 is 1.05 bits per heavy atom. The molecular weight excluding hydrogens is 276 g/mol. The van der Waals surface area contributed by atoms with E-state index < -0.39 is 0 Å². The molecule has 0 saturated heterocycles. The fourth-order valence-corrected chi connectivity index (χ4v) is 2.21. The normalized spacial score (nSPS) is 12.3. The number of hydrogen-bond donors (Lipinski definition) is 2. The highest BCUT2D eigenvalue weighted by Gasteiger charge is 2.24. The van der Waals surface area contributed by atoms with Gasteiger partial charge in [-0.2, -0.15) is 0 Å². The van der Waals surface area contributed by atoms with Crippen LogP contribution in [-0.2, 0) is 10.8 Å². The Labute approximate surface area is 131 Å². The van der Waals surface area contributed by atoms with Crippen LogP contribution in [0.15, 0.2) is 30.9 Å². The fourth-order valence-electron chi connectivity index (χ4n) is 2.21. The second-order valence-corrected chi connectivity index (χ2v) is 7.14. The van der Waals surface area contributed by atoms with Gasteiger partial charge in [0.05, 0.1) is 6.61 Å². The average molecular weight is 300 g/mol. The minimum Gasteiger partial charge on any atom is -0.395 e. The second-order valence-electron chi connectivity index (χ2n) is 7.14. The van der Waals surface area contributed by atoms with E-state index in [0.717, 1.165) is 16.8 Å². The van der Waals surface area contributed by atoms with Crippen molar-refractivity contribution >= 4 is 11.6 Å². The zero-order valence-electron chi connectivity index (χ0n) is 13.9. The van der Waals surface area contributed by atoms with Crippen LogP contribution in [0.2, 0.25) is 0 Å². The number of aliphatic hydroxyl groups excluding tert-OH is 1. The molecule has 0 spiro atoms. The minimum atomic E-state index is -0.272. The molecule has 0 amide bonds. The molecule has 22 heavy (non-hydrogen) atoms. The summed E-state index contributed by atoms with van der Waals surface area (Å²) in [7, 11) is 0. The van der Waals surface area contributed by atoms with E-state index >= 15 is 0 Å². The molecular formula is C17H24N4O. The van der Waals surface area contributed by atoms with Crippen molar-refractivity contribution < 1.29 is 5.11 Å². The van der Waals surface area contributed by atoms with Gasteiger partial charge in [0.2, 0.25) is 5.95 Å². The zero-order chi connectivity index (χ0) is 16.4. The minimum absolute atomic E-state index is 0.0447. The molecule has 1 heterocycles. The molecule has 1 aromatic heterocycles. The molecule has 0 aliphatic carbocycles. The van der Waals surface area contributed by atoms with Crippen molar-refractivity contribution in [3.05, 3.63) is 42.0 Å². The van der Waals surface area contributed by atoms with Crippen LogP contribution in [0.4, 0.5) is 11.6 Å². The highest BCUT2D eigenvalue weighted by Crippen LogP contribution is 2.35. The van der Waals surface area contributed by atoms with Gasteiger partial charge in [-0.25, -0.2) is 15.0 Å². The standard InChI is InChI=1S/C17H24N4O/c1-16(2,3)13-8-12(17(4,5)9-22)6-7-14(13)21-15-19-10-18-11-20-15/h6-8,10-11,22H,9H2,1-5H3,(H,18,19,20,21). The summed E-state index contributed by atoms with van der Waals surface area (Å²) in [4.78, 5) is 12.0. The Kier molecular flexibility index (Phi) is 4.47. The van der Waals surface area contributed by atoms with E-state index in [9.17, 15) is 5.11 Å². The summed E-state index contributed by atoms with van der Waals surface area (Å²) < 4.78 is 0. The number of benzene rings is 1. The van der Waals surface area contributed by atoms with Gasteiger partial charge in [0.25, 0.3) is 0 Å². The van der Waals surface area contributed by atoms with Crippen molar-refractivity contribution in [1.29, 1.82) is 0 Å². The quantitative estimate of drug-likeness (QED) is 0.907. The van der Waals surface area contributed by atoms with Crippen molar-refractivity contribution in [1.82, 2.24) is 15.0 Å². The lowest BCUT2D eigenvalue weighted by Gasteiger charge is -2.28. The lowest BCUT2D eigenvalue weighted by atomic mass is 9.79. The van der Waals surface area contributed by atoms with Crippen molar-refractivity contribution in [3.8, 4) is 0 Å². The van der Waals surface area contributed by atoms with E-state index in [0.29, 0.717) is 5.95 Å². The maximum Gasteiger partial charge on any atom is 0.230 e. The summed E-state index contributed by atoms with van der Waals surface area (Å²) in [5.74, 6) is 0.523. The Hall–Kier alpha value is -2.01. The molecule has 2 aromatic rings. The number of anilines is 2. The highest BCUT2D eigenvalue weighted by atomic mass is 16.3. The molecule has 0 aliphatic heterocycles. The lowest BCUT2D eigenvalue weighted by molar-refractivity contribution is 0.218. The number of aromatic nitrogens is 3. The molecule has 0 unspecified atom stereocenters. The summed E-state index contributed by atoms with van der Waals surface area (Å²) >= 11 is 0. The van der Waals surface area contributed by atoms with E-state index in [2.05, 4.69) is 47.1 Å². The zero-order valence-corrected chi connectivity index (χ0v) is 13.9. The predicted molar refractivity (Wildman–Crippen MR) is 88.4 cm³/mol. The molecule has 5 heteroatoms. The molecule has 2 N–H and O–H groups in total. The van der Waals surface area contributed by atoms with Crippen LogP contribution >= 0.6 is 0 Å². The molecule has 0 fully saturated rings. The van der Waals surface area contributed by atoms with E-state index in [1.165, 1.54) is 12.7 Å². The van der Waals surface area contributed by atoms with Gasteiger partial charge in [0.1, 0.15) is 12.7 Å². The van der Waals surface area contributed by atoms with Gasteiger partial charge in [-0.1, -0.05) is 46.8 Å². The Morgan fingerprint density at radius 2 is 1.68 bits per heavy atom. The largest absolute Gasteiger partial charge is 0.395 e. The van der Waals surface area contributed by atoms with Gasteiger partial charge >= 0.3 is 0 Å². The van der Waals surface area contributed by atoms with Gasteiger partial charge in [-0.15, -0.1) is 0 Å². The number of hydrogen-bond acceptors (Lipinski definition) is 5. The topological polar surface area (TPSA) is 70.9 Å².